The van der Waals surface area contributed by atoms with Gasteiger partial charge in [0.2, 0.25) is 11.7 Å². The molecule has 0 radical (unpaired) electrons. The van der Waals surface area contributed by atoms with Gasteiger partial charge in [0.25, 0.3) is 0 Å². The zero-order valence-electron chi connectivity index (χ0n) is 9.60. The van der Waals surface area contributed by atoms with E-state index in [1.54, 1.807) is 0 Å². The summed E-state index contributed by atoms with van der Waals surface area (Å²) in [6, 6.07) is 7.64. The molecule has 18 heavy (non-hydrogen) atoms. The maximum absolute atomic E-state index is 11.6. The summed E-state index contributed by atoms with van der Waals surface area (Å²) in [5.74, 6) is 1.37. The van der Waals surface area contributed by atoms with Crippen LogP contribution in [0.4, 0.5) is 0 Å². The summed E-state index contributed by atoms with van der Waals surface area (Å²) >= 11 is 3.37. The smallest absolute Gasteiger partial charge is 0.234 e. The summed E-state index contributed by atoms with van der Waals surface area (Å²) in [5.41, 5.74) is 0.882. The number of nitrogens with zero attached hydrogens (tertiary/aromatic N) is 2. The van der Waals surface area contributed by atoms with Crippen molar-refractivity contribution in [2.24, 2.45) is 5.92 Å². The fourth-order valence-electron chi connectivity index (χ4n) is 1.74. The van der Waals surface area contributed by atoms with Gasteiger partial charge in [-0.05, 0) is 37.1 Å². The summed E-state index contributed by atoms with van der Waals surface area (Å²) in [7, 11) is 0. The van der Waals surface area contributed by atoms with E-state index < -0.39 is 0 Å². The Hall–Kier alpha value is -1.49. The fourth-order valence-corrected chi connectivity index (χ4v) is 2.01. The van der Waals surface area contributed by atoms with Gasteiger partial charge in [-0.3, -0.25) is 4.79 Å². The molecule has 0 saturated heterocycles. The van der Waals surface area contributed by atoms with Crippen LogP contribution in [0.15, 0.2) is 33.3 Å². The van der Waals surface area contributed by atoms with Crippen LogP contribution in [-0.4, -0.2) is 15.9 Å². The monoisotopic (exact) mass is 306 g/mol. The molecule has 92 valence electrons. The number of hydrogen-bond acceptors (Lipinski definition) is 4. The number of Topliss-reactive ketones (excluding diaryl/α,β-unsaturated/α-hetero) is 1. The van der Waals surface area contributed by atoms with Gasteiger partial charge in [0.15, 0.2) is 0 Å². The second-order valence-corrected chi connectivity index (χ2v) is 5.35. The van der Waals surface area contributed by atoms with Gasteiger partial charge < -0.3 is 4.52 Å². The van der Waals surface area contributed by atoms with Crippen LogP contribution in [-0.2, 0) is 11.2 Å². The molecule has 0 unspecified atom stereocenters. The van der Waals surface area contributed by atoms with E-state index in [0.717, 1.165) is 22.9 Å². The van der Waals surface area contributed by atoms with E-state index in [2.05, 4.69) is 26.1 Å². The van der Waals surface area contributed by atoms with Crippen molar-refractivity contribution in [3.8, 4) is 11.4 Å². The first-order valence-corrected chi connectivity index (χ1v) is 6.63. The van der Waals surface area contributed by atoms with Gasteiger partial charge in [0.05, 0.1) is 6.42 Å². The van der Waals surface area contributed by atoms with Crippen LogP contribution < -0.4 is 0 Å². The van der Waals surface area contributed by atoms with Crippen molar-refractivity contribution in [1.29, 1.82) is 0 Å². The van der Waals surface area contributed by atoms with E-state index in [1.165, 1.54) is 0 Å². The average molecular weight is 307 g/mol. The quantitative estimate of drug-likeness (QED) is 0.871. The van der Waals surface area contributed by atoms with E-state index in [9.17, 15) is 4.79 Å². The van der Waals surface area contributed by atoms with E-state index in [4.69, 9.17) is 4.52 Å². The maximum atomic E-state index is 11.6. The Bertz CT molecular complexity index is 573. The van der Waals surface area contributed by atoms with Crippen LogP contribution in [0.5, 0.6) is 0 Å². The van der Waals surface area contributed by atoms with E-state index >= 15 is 0 Å². The molecular weight excluding hydrogens is 296 g/mol. The molecule has 1 aliphatic rings. The van der Waals surface area contributed by atoms with Gasteiger partial charge in [0, 0.05) is 16.0 Å². The van der Waals surface area contributed by atoms with Crippen molar-refractivity contribution in [1.82, 2.24) is 10.1 Å². The Morgan fingerprint density at radius 1 is 1.33 bits per heavy atom. The number of hydrogen-bond donors (Lipinski definition) is 0. The molecule has 1 heterocycles. The van der Waals surface area contributed by atoms with Crippen molar-refractivity contribution in [3.63, 3.8) is 0 Å². The molecule has 0 atom stereocenters. The molecule has 5 heteroatoms. The number of carbonyl (C=O) groups is 1. The summed E-state index contributed by atoms with van der Waals surface area (Å²) in [5, 5.41) is 3.90. The highest BCUT2D eigenvalue weighted by Crippen LogP contribution is 2.31. The molecule has 0 N–H and O–H groups in total. The van der Waals surface area contributed by atoms with Crippen molar-refractivity contribution in [3.05, 3.63) is 34.6 Å². The maximum Gasteiger partial charge on any atom is 0.234 e. The van der Waals surface area contributed by atoms with Crippen LogP contribution in [0.25, 0.3) is 11.4 Å². The Balaban J connectivity index is 1.76. The lowest BCUT2D eigenvalue weighted by atomic mass is 10.2. The SMILES string of the molecule is O=C(Cc1nc(-c2ccc(Br)cc2)no1)C1CC1. The molecule has 1 aromatic carbocycles. The molecule has 1 aromatic heterocycles. The first-order chi connectivity index (χ1) is 8.72. The van der Waals surface area contributed by atoms with Crippen molar-refractivity contribution >= 4 is 21.7 Å². The molecule has 0 aliphatic heterocycles. The van der Waals surface area contributed by atoms with Gasteiger partial charge in [-0.1, -0.05) is 21.1 Å². The molecule has 1 aliphatic carbocycles. The van der Waals surface area contributed by atoms with Gasteiger partial charge in [-0.25, -0.2) is 0 Å². The van der Waals surface area contributed by atoms with E-state index in [-0.39, 0.29) is 18.1 Å². The first-order valence-electron chi connectivity index (χ1n) is 5.83. The Morgan fingerprint density at radius 3 is 2.72 bits per heavy atom. The van der Waals surface area contributed by atoms with E-state index in [0.29, 0.717) is 11.7 Å². The van der Waals surface area contributed by atoms with Crippen molar-refractivity contribution < 1.29 is 9.32 Å². The minimum atomic E-state index is 0.209. The lowest BCUT2D eigenvalue weighted by molar-refractivity contribution is -0.119. The number of halogens is 1. The summed E-state index contributed by atoms with van der Waals surface area (Å²) in [6.45, 7) is 0. The highest BCUT2D eigenvalue weighted by molar-refractivity contribution is 9.10. The Kier molecular flexibility index (Phi) is 2.99. The predicted octanol–water partition coefficient (Wildman–Crippen LogP) is 3.02. The van der Waals surface area contributed by atoms with Crippen molar-refractivity contribution in [2.75, 3.05) is 0 Å². The number of carbonyl (C=O) groups excluding carboxylic acids is 1. The molecule has 0 spiro atoms. The van der Waals surface area contributed by atoms with Gasteiger partial charge in [-0.15, -0.1) is 0 Å². The highest BCUT2D eigenvalue weighted by Gasteiger charge is 2.30. The molecule has 1 fully saturated rings. The predicted molar refractivity (Wildman–Crippen MR) is 68.9 cm³/mol. The lowest BCUT2D eigenvalue weighted by Gasteiger charge is -1.93. The Labute approximate surface area is 113 Å². The summed E-state index contributed by atoms with van der Waals surface area (Å²) in [4.78, 5) is 15.9. The highest BCUT2D eigenvalue weighted by atomic mass is 79.9. The zero-order chi connectivity index (χ0) is 12.5. The topological polar surface area (TPSA) is 56.0 Å². The fraction of sp³-hybridized carbons (Fsp3) is 0.308. The van der Waals surface area contributed by atoms with Gasteiger partial charge in [-0.2, -0.15) is 4.98 Å². The summed E-state index contributed by atoms with van der Waals surface area (Å²) in [6.07, 6.45) is 2.27. The molecular formula is C13H11BrN2O2. The van der Waals surface area contributed by atoms with Gasteiger partial charge in [0.1, 0.15) is 5.78 Å². The largest absolute Gasteiger partial charge is 0.339 e. The second-order valence-electron chi connectivity index (χ2n) is 4.44. The number of benzene rings is 1. The Morgan fingerprint density at radius 2 is 2.06 bits per heavy atom. The number of rotatable bonds is 4. The third-order valence-corrected chi connectivity index (χ3v) is 3.46. The molecule has 0 amide bonds. The molecule has 4 nitrogen and oxygen atoms in total. The van der Waals surface area contributed by atoms with Crippen LogP contribution in [0.3, 0.4) is 0 Å². The minimum absolute atomic E-state index is 0.209. The third kappa shape index (κ3) is 2.51. The number of aromatic nitrogens is 2. The third-order valence-electron chi connectivity index (χ3n) is 2.93. The average Bonchev–Trinajstić information content (AvgIpc) is 3.12. The summed E-state index contributed by atoms with van der Waals surface area (Å²) < 4.78 is 6.10. The van der Waals surface area contributed by atoms with Crippen LogP contribution in [0, 0.1) is 5.92 Å². The van der Waals surface area contributed by atoms with Gasteiger partial charge >= 0.3 is 0 Å². The molecule has 0 bridgehead atoms. The number of ketones is 1. The van der Waals surface area contributed by atoms with Crippen molar-refractivity contribution in [2.45, 2.75) is 19.3 Å². The lowest BCUT2D eigenvalue weighted by Crippen LogP contribution is -2.04. The zero-order valence-corrected chi connectivity index (χ0v) is 11.2. The van der Waals surface area contributed by atoms with Crippen LogP contribution in [0.2, 0.25) is 0 Å². The second kappa shape index (κ2) is 4.65. The standard InChI is InChI=1S/C13H11BrN2O2/c14-10-5-3-9(4-6-10)13-15-12(18-16-13)7-11(17)8-1-2-8/h3-6,8H,1-2,7H2. The minimum Gasteiger partial charge on any atom is -0.339 e. The first kappa shape index (κ1) is 11.6. The van der Waals surface area contributed by atoms with E-state index in [1.807, 2.05) is 24.3 Å². The van der Waals surface area contributed by atoms with Crippen LogP contribution >= 0.6 is 15.9 Å². The van der Waals surface area contributed by atoms with Crippen LogP contribution in [0.1, 0.15) is 18.7 Å². The normalized spacial score (nSPS) is 14.7. The molecule has 3 rings (SSSR count). The molecule has 1 saturated carbocycles. The molecule has 2 aromatic rings.